The lowest BCUT2D eigenvalue weighted by Gasteiger charge is -2.19. The van der Waals surface area contributed by atoms with E-state index in [2.05, 4.69) is 10.2 Å². The van der Waals surface area contributed by atoms with E-state index in [1.165, 1.54) is 25.7 Å². The zero-order chi connectivity index (χ0) is 18.7. The maximum Gasteiger partial charge on any atom is 0.238 e. The van der Waals surface area contributed by atoms with Gasteiger partial charge in [0.25, 0.3) is 0 Å². The van der Waals surface area contributed by atoms with Crippen molar-refractivity contribution in [1.82, 2.24) is 4.90 Å². The number of likely N-dealkylation sites (tertiary alicyclic amines) is 1. The van der Waals surface area contributed by atoms with Gasteiger partial charge in [0, 0.05) is 11.8 Å². The molecule has 2 aromatic rings. The highest BCUT2D eigenvalue weighted by Crippen LogP contribution is 2.18. The molecular weight excluding hydrogens is 340 g/mol. The monoisotopic (exact) mass is 368 g/mol. The average Bonchev–Trinajstić information content (AvgIpc) is 2.95. The molecule has 3 rings (SSSR count). The van der Waals surface area contributed by atoms with Crippen molar-refractivity contribution in [2.24, 2.45) is 0 Å². The molecule has 5 heteroatoms. The summed E-state index contributed by atoms with van der Waals surface area (Å²) in [4.78, 5) is 14.5. The lowest BCUT2D eigenvalue weighted by molar-refractivity contribution is -0.117. The van der Waals surface area contributed by atoms with Crippen molar-refractivity contribution < 1.29 is 14.3 Å². The molecule has 0 bridgehead atoms. The number of benzene rings is 2. The molecule has 0 radical (unpaired) electrons. The normalized spacial score (nSPS) is 15.0. The van der Waals surface area contributed by atoms with E-state index < -0.39 is 0 Å². The van der Waals surface area contributed by atoms with Crippen LogP contribution in [0, 0.1) is 0 Å². The van der Waals surface area contributed by atoms with Crippen LogP contribution in [0.4, 0.5) is 5.69 Å². The minimum absolute atomic E-state index is 0.0291. The second-order valence-corrected chi connectivity index (χ2v) is 6.78. The lowest BCUT2D eigenvalue weighted by atomic mass is 10.2. The molecule has 0 aromatic heterocycles. The third-order valence-electron chi connectivity index (χ3n) is 4.55. The van der Waals surface area contributed by atoms with Crippen LogP contribution in [0.25, 0.3) is 0 Å². The van der Waals surface area contributed by atoms with E-state index >= 15 is 0 Å². The number of nitrogens with one attached hydrogen (secondary N) is 1. The van der Waals surface area contributed by atoms with Crippen LogP contribution in [0.15, 0.2) is 54.6 Å². The topological polar surface area (TPSA) is 50.8 Å². The van der Waals surface area contributed by atoms with Gasteiger partial charge in [0.2, 0.25) is 5.91 Å². The van der Waals surface area contributed by atoms with Crippen molar-refractivity contribution in [3.63, 3.8) is 0 Å². The maximum atomic E-state index is 12.3. The Morgan fingerprint density at radius 1 is 0.852 bits per heavy atom. The standard InChI is InChI=1S/C22H28N2O3/c25-22(18-24-13-6-1-2-7-14-24)23-19-9-8-12-21(17-19)27-16-15-26-20-10-4-3-5-11-20/h3-5,8-12,17H,1-2,6-7,13-16,18H2,(H,23,25). The summed E-state index contributed by atoms with van der Waals surface area (Å²) in [6.07, 6.45) is 4.90. The minimum atomic E-state index is 0.0291. The predicted octanol–water partition coefficient (Wildman–Crippen LogP) is 3.96. The fourth-order valence-electron chi connectivity index (χ4n) is 3.20. The molecule has 144 valence electrons. The Balaban J connectivity index is 1.41. The molecule has 27 heavy (non-hydrogen) atoms. The first-order valence-corrected chi connectivity index (χ1v) is 9.72. The molecule has 0 saturated carbocycles. The summed E-state index contributed by atoms with van der Waals surface area (Å²) >= 11 is 0. The van der Waals surface area contributed by atoms with E-state index in [-0.39, 0.29) is 5.91 Å². The fourth-order valence-corrected chi connectivity index (χ4v) is 3.20. The molecule has 0 aliphatic carbocycles. The van der Waals surface area contributed by atoms with E-state index in [0.29, 0.717) is 19.8 Å². The zero-order valence-corrected chi connectivity index (χ0v) is 15.7. The summed E-state index contributed by atoms with van der Waals surface area (Å²) in [6, 6.07) is 17.2. The number of anilines is 1. The second-order valence-electron chi connectivity index (χ2n) is 6.78. The lowest BCUT2D eigenvalue weighted by Crippen LogP contribution is -2.33. The third-order valence-corrected chi connectivity index (χ3v) is 4.55. The van der Waals surface area contributed by atoms with E-state index in [0.717, 1.165) is 30.3 Å². The molecule has 2 aromatic carbocycles. The first-order chi connectivity index (χ1) is 13.3. The van der Waals surface area contributed by atoms with Gasteiger partial charge in [-0.1, -0.05) is 37.1 Å². The number of carbonyl (C=O) groups is 1. The Morgan fingerprint density at radius 2 is 1.52 bits per heavy atom. The van der Waals surface area contributed by atoms with Crippen molar-refractivity contribution in [2.45, 2.75) is 25.7 Å². The number of ether oxygens (including phenoxy) is 2. The van der Waals surface area contributed by atoms with Gasteiger partial charge >= 0.3 is 0 Å². The smallest absolute Gasteiger partial charge is 0.238 e. The molecule has 0 atom stereocenters. The van der Waals surface area contributed by atoms with Crippen LogP contribution in [-0.2, 0) is 4.79 Å². The van der Waals surface area contributed by atoms with Crippen molar-refractivity contribution in [2.75, 3.05) is 38.2 Å². The van der Waals surface area contributed by atoms with Crippen molar-refractivity contribution >= 4 is 11.6 Å². The van der Waals surface area contributed by atoms with Crippen molar-refractivity contribution in [1.29, 1.82) is 0 Å². The minimum Gasteiger partial charge on any atom is -0.490 e. The second kappa shape index (κ2) is 10.6. The van der Waals surface area contributed by atoms with Crippen LogP contribution < -0.4 is 14.8 Å². The molecule has 1 saturated heterocycles. The Hall–Kier alpha value is -2.53. The Bertz CT molecular complexity index is 698. The summed E-state index contributed by atoms with van der Waals surface area (Å²) in [5.74, 6) is 1.58. The van der Waals surface area contributed by atoms with Gasteiger partial charge in [-0.3, -0.25) is 9.69 Å². The molecule has 5 nitrogen and oxygen atoms in total. The summed E-state index contributed by atoms with van der Waals surface area (Å²) in [6.45, 7) is 3.39. The molecule has 1 aliphatic heterocycles. The van der Waals surface area contributed by atoms with Crippen LogP contribution in [0.5, 0.6) is 11.5 Å². The summed E-state index contributed by atoms with van der Waals surface area (Å²) in [5.41, 5.74) is 0.760. The van der Waals surface area contributed by atoms with Gasteiger partial charge in [-0.2, -0.15) is 0 Å². The Morgan fingerprint density at radius 3 is 2.26 bits per heavy atom. The summed E-state index contributed by atoms with van der Waals surface area (Å²) in [7, 11) is 0. The van der Waals surface area contributed by atoms with Crippen molar-refractivity contribution in [3.05, 3.63) is 54.6 Å². The van der Waals surface area contributed by atoms with Crippen LogP contribution in [0.1, 0.15) is 25.7 Å². The maximum absolute atomic E-state index is 12.3. The molecule has 0 spiro atoms. The predicted molar refractivity (Wildman–Crippen MR) is 107 cm³/mol. The van der Waals surface area contributed by atoms with E-state index in [1.807, 2.05) is 54.6 Å². The number of nitrogens with zero attached hydrogens (tertiary/aromatic N) is 1. The number of carbonyl (C=O) groups excluding carboxylic acids is 1. The first kappa shape index (κ1) is 19.2. The SMILES string of the molecule is O=C(CN1CCCCCC1)Nc1cccc(OCCOc2ccccc2)c1. The van der Waals surface area contributed by atoms with Gasteiger partial charge in [0.1, 0.15) is 24.7 Å². The first-order valence-electron chi connectivity index (χ1n) is 9.72. The van der Waals surface area contributed by atoms with Crippen LogP contribution in [0.3, 0.4) is 0 Å². The summed E-state index contributed by atoms with van der Waals surface area (Å²) < 4.78 is 11.3. The number of rotatable bonds is 8. The molecule has 0 unspecified atom stereocenters. The van der Waals surface area contributed by atoms with Gasteiger partial charge in [0.15, 0.2) is 0 Å². The highest BCUT2D eigenvalue weighted by atomic mass is 16.5. The largest absolute Gasteiger partial charge is 0.490 e. The Kier molecular flexibility index (Phi) is 7.54. The van der Waals surface area contributed by atoms with Gasteiger partial charge in [-0.15, -0.1) is 0 Å². The fraction of sp³-hybridized carbons (Fsp3) is 0.409. The number of hydrogen-bond donors (Lipinski definition) is 1. The highest BCUT2D eigenvalue weighted by Gasteiger charge is 2.13. The molecule has 1 N–H and O–H groups in total. The quantitative estimate of drug-likeness (QED) is 0.717. The van der Waals surface area contributed by atoms with Crippen molar-refractivity contribution in [3.8, 4) is 11.5 Å². The van der Waals surface area contributed by atoms with E-state index in [9.17, 15) is 4.79 Å². The number of para-hydroxylation sites is 1. The van der Waals surface area contributed by atoms with Gasteiger partial charge < -0.3 is 14.8 Å². The Labute approximate surface area is 161 Å². The molecular formula is C22H28N2O3. The number of hydrogen-bond acceptors (Lipinski definition) is 4. The van der Waals surface area contributed by atoms with Gasteiger partial charge in [-0.05, 0) is 50.2 Å². The molecule has 1 fully saturated rings. The third kappa shape index (κ3) is 6.94. The molecule has 1 amide bonds. The molecule has 1 aliphatic rings. The van der Waals surface area contributed by atoms with E-state index in [4.69, 9.17) is 9.47 Å². The van der Waals surface area contributed by atoms with Crippen LogP contribution in [-0.4, -0.2) is 43.7 Å². The highest BCUT2D eigenvalue weighted by molar-refractivity contribution is 5.92. The number of amides is 1. The van der Waals surface area contributed by atoms with Gasteiger partial charge in [-0.25, -0.2) is 0 Å². The van der Waals surface area contributed by atoms with Gasteiger partial charge in [0.05, 0.1) is 6.54 Å². The molecule has 1 heterocycles. The van der Waals surface area contributed by atoms with Crippen LogP contribution >= 0.6 is 0 Å². The van der Waals surface area contributed by atoms with E-state index in [1.54, 1.807) is 0 Å². The summed E-state index contributed by atoms with van der Waals surface area (Å²) in [5, 5.41) is 2.97. The zero-order valence-electron chi connectivity index (χ0n) is 15.7. The van der Waals surface area contributed by atoms with Crippen LogP contribution in [0.2, 0.25) is 0 Å². The average molecular weight is 368 g/mol.